The van der Waals surface area contributed by atoms with E-state index in [4.69, 9.17) is 0 Å². The normalized spacial score (nSPS) is 11.4. The molecule has 120 valence electrons. The summed E-state index contributed by atoms with van der Waals surface area (Å²) in [4.78, 5) is 0. The second kappa shape index (κ2) is 7.02. The first-order valence-corrected chi connectivity index (χ1v) is 8.33. The first-order valence-electron chi connectivity index (χ1n) is 8.33. The highest BCUT2D eigenvalue weighted by Gasteiger charge is 2.11. The van der Waals surface area contributed by atoms with E-state index in [1.807, 2.05) is 35.1 Å². The minimum atomic E-state index is 1.07. The molecule has 0 fully saturated rings. The molecule has 4 aromatic rings. The monoisotopic (exact) mass is 322 g/mol. The van der Waals surface area contributed by atoms with Crippen molar-refractivity contribution in [2.24, 2.45) is 0 Å². The van der Waals surface area contributed by atoms with Crippen molar-refractivity contribution in [1.29, 1.82) is 0 Å². The molecular formula is C23H18N2. The molecule has 2 heteroatoms. The summed E-state index contributed by atoms with van der Waals surface area (Å²) in [6, 6.07) is 31.2. The summed E-state index contributed by atoms with van der Waals surface area (Å²) < 4.78 is 1.91. The van der Waals surface area contributed by atoms with Crippen molar-refractivity contribution >= 4 is 11.6 Å². The van der Waals surface area contributed by atoms with Gasteiger partial charge in [0.2, 0.25) is 0 Å². The first kappa shape index (κ1) is 15.2. The first-order chi connectivity index (χ1) is 12.4. The molecule has 4 rings (SSSR count). The van der Waals surface area contributed by atoms with Crippen LogP contribution in [0.2, 0.25) is 0 Å². The molecule has 0 saturated carbocycles. The van der Waals surface area contributed by atoms with Gasteiger partial charge in [0.15, 0.2) is 0 Å². The Kier molecular flexibility index (Phi) is 4.25. The van der Waals surface area contributed by atoms with Gasteiger partial charge < -0.3 is 0 Å². The van der Waals surface area contributed by atoms with Crippen molar-refractivity contribution in [3.05, 3.63) is 120 Å². The molecule has 0 aliphatic carbocycles. The minimum Gasteiger partial charge on any atom is -0.240 e. The molecule has 2 nitrogen and oxygen atoms in total. The zero-order valence-electron chi connectivity index (χ0n) is 13.8. The highest BCUT2D eigenvalue weighted by atomic mass is 15.3. The summed E-state index contributed by atoms with van der Waals surface area (Å²) in [5.41, 5.74) is 5.76. The maximum absolute atomic E-state index is 4.42. The lowest BCUT2D eigenvalue weighted by molar-refractivity contribution is 0.878. The van der Waals surface area contributed by atoms with Gasteiger partial charge in [0.05, 0.1) is 5.69 Å². The topological polar surface area (TPSA) is 17.8 Å². The summed E-state index contributed by atoms with van der Waals surface area (Å²) in [6.07, 6.45) is 6.02. The van der Waals surface area contributed by atoms with Crippen molar-refractivity contribution in [3.8, 4) is 5.69 Å². The van der Waals surface area contributed by atoms with E-state index in [9.17, 15) is 0 Å². The van der Waals surface area contributed by atoms with Crippen molar-refractivity contribution in [3.63, 3.8) is 0 Å². The molecule has 25 heavy (non-hydrogen) atoms. The maximum atomic E-state index is 4.42. The Labute approximate surface area is 147 Å². The van der Waals surface area contributed by atoms with Crippen LogP contribution in [0.4, 0.5) is 0 Å². The Balaban J connectivity index is 1.93. The van der Waals surface area contributed by atoms with E-state index in [0.29, 0.717) is 0 Å². The Morgan fingerprint density at radius 1 is 0.720 bits per heavy atom. The van der Waals surface area contributed by atoms with Crippen LogP contribution in [0.15, 0.2) is 103 Å². The van der Waals surface area contributed by atoms with Crippen LogP contribution in [0.25, 0.3) is 17.3 Å². The highest BCUT2D eigenvalue weighted by Crippen LogP contribution is 2.30. The summed E-state index contributed by atoms with van der Waals surface area (Å²) in [7, 11) is 0. The number of nitrogens with zero attached hydrogens (tertiary/aromatic N) is 2. The number of aromatic nitrogens is 2. The van der Waals surface area contributed by atoms with Gasteiger partial charge in [0.1, 0.15) is 0 Å². The van der Waals surface area contributed by atoms with Crippen LogP contribution in [0.1, 0.15) is 16.7 Å². The van der Waals surface area contributed by atoms with Crippen molar-refractivity contribution < 1.29 is 0 Å². The third kappa shape index (κ3) is 3.29. The molecule has 0 amide bonds. The van der Waals surface area contributed by atoms with Crippen molar-refractivity contribution in [2.45, 2.75) is 0 Å². The third-order valence-electron chi connectivity index (χ3n) is 4.14. The molecule has 0 atom stereocenters. The molecule has 3 aromatic carbocycles. The Morgan fingerprint density at radius 2 is 1.40 bits per heavy atom. The van der Waals surface area contributed by atoms with Gasteiger partial charge in [-0.05, 0) is 34.9 Å². The van der Waals surface area contributed by atoms with Gasteiger partial charge in [-0.1, -0.05) is 78.9 Å². The number of hydrogen-bond donors (Lipinski definition) is 0. The molecule has 0 N–H and O–H groups in total. The molecule has 1 aromatic heterocycles. The largest absolute Gasteiger partial charge is 0.240 e. The number of rotatable bonds is 4. The van der Waals surface area contributed by atoms with E-state index in [1.54, 1.807) is 6.20 Å². The lowest BCUT2D eigenvalue weighted by Crippen LogP contribution is -2.00. The lowest BCUT2D eigenvalue weighted by Gasteiger charge is -2.14. The SMILES string of the molecule is C(=C(/c1ccccc1)c1ccccc1-n1cccn1)/c1ccccc1. The van der Waals surface area contributed by atoms with Crippen LogP contribution < -0.4 is 0 Å². The predicted octanol–water partition coefficient (Wildman–Crippen LogP) is 5.46. The van der Waals surface area contributed by atoms with Gasteiger partial charge in [0.25, 0.3) is 0 Å². The second-order valence-electron chi connectivity index (χ2n) is 5.80. The van der Waals surface area contributed by atoms with E-state index in [1.165, 1.54) is 16.7 Å². The van der Waals surface area contributed by atoms with Crippen LogP contribution >= 0.6 is 0 Å². The number of hydrogen-bond acceptors (Lipinski definition) is 1. The lowest BCUT2D eigenvalue weighted by atomic mass is 9.94. The van der Waals surface area contributed by atoms with Gasteiger partial charge in [-0.15, -0.1) is 0 Å². The second-order valence-corrected chi connectivity index (χ2v) is 5.80. The summed E-state index contributed by atoms with van der Waals surface area (Å²) in [6.45, 7) is 0. The zero-order valence-corrected chi connectivity index (χ0v) is 13.8. The fourth-order valence-electron chi connectivity index (χ4n) is 2.96. The van der Waals surface area contributed by atoms with Gasteiger partial charge in [-0.25, -0.2) is 4.68 Å². The number of benzene rings is 3. The fourth-order valence-corrected chi connectivity index (χ4v) is 2.96. The summed E-state index contributed by atoms with van der Waals surface area (Å²) in [5, 5.41) is 4.42. The van der Waals surface area contributed by atoms with E-state index in [2.05, 4.69) is 77.9 Å². The molecule has 0 aliphatic heterocycles. The standard InChI is InChI=1S/C23H18N2/c1-3-10-19(11-4-1)18-22(20-12-5-2-6-13-20)21-14-7-8-15-23(21)25-17-9-16-24-25/h1-18H/b22-18+. The Bertz CT molecular complexity index is 969. The third-order valence-corrected chi connectivity index (χ3v) is 4.14. The highest BCUT2D eigenvalue weighted by molar-refractivity contribution is 5.93. The molecule has 0 bridgehead atoms. The molecule has 0 saturated heterocycles. The minimum absolute atomic E-state index is 1.07. The fraction of sp³-hybridized carbons (Fsp3) is 0. The zero-order chi connectivity index (χ0) is 16.9. The van der Waals surface area contributed by atoms with E-state index >= 15 is 0 Å². The van der Waals surface area contributed by atoms with Crippen LogP contribution in [-0.2, 0) is 0 Å². The number of para-hydroxylation sites is 1. The van der Waals surface area contributed by atoms with Crippen LogP contribution in [0.3, 0.4) is 0 Å². The predicted molar refractivity (Wildman–Crippen MR) is 103 cm³/mol. The van der Waals surface area contributed by atoms with Crippen molar-refractivity contribution in [2.75, 3.05) is 0 Å². The average molecular weight is 322 g/mol. The van der Waals surface area contributed by atoms with E-state index < -0.39 is 0 Å². The smallest absolute Gasteiger partial charge is 0.0724 e. The summed E-state index contributed by atoms with van der Waals surface area (Å²) in [5.74, 6) is 0. The van der Waals surface area contributed by atoms with Gasteiger partial charge in [0, 0.05) is 18.0 Å². The summed E-state index contributed by atoms with van der Waals surface area (Å²) >= 11 is 0. The van der Waals surface area contributed by atoms with Crippen molar-refractivity contribution in [1.82, 2.24) is 9.78 Å². The van der Waals surface area contributed by atoms with Crippen LogP contribution in [0.5, 0.6) is 0 Å². The van der Waals surface area contributed by atoms with Gasteiger partial charge >= 0.3 is 0 Å². The average Bonchev–Trinajstić information content (AvgIpc) is 3.22. The molecule has 0 unspecified atom stereocenters. The Morgan fingerprint density at radius 3 is 2.12 bits per heavy atom. The molecule has 0 radical (unpaired) electrons. The van der Waals surface area contributed by atoms with Gasteiger partial charge in [-0.2, -0.15) is 5.10 Å². The van der Waals surface area contributed by atoms with Crippen LogP contribution in [-0.4, -0.2) is 9.78 Å². The van der Waals surface area contributed by atoms with E-state index in [-0.39, 0.29) is 0 Å². The quantitative estimate of drug-likeness (QED) is 0.456. The van der Waals surface area contributed by atoms with Gasteiger partial charge in [-0.3, -0.25) is 0 Å². The molecule has 0 spiro atoms. The molecule has 1 heterocycles. The molecular weight excluding hydrogens is 304 g/mol. The molecule has 0 aliphatic rings. The van der Waals surface area contributed by atoms with E-state index in [0.717, 1.165) is 11.3 Å². The Hall–Kier alpha value is -3.39. The maximum Gasteiger partial charge on any atom is 0.0724 e. The van der Waals surface area contributed by atoms with Crippen LogP contribution in [0, 0.1) is 0 Å².